The molecule has 11 aliphatic rings. The number of hydrogen-bond donors (Lipinski definition) is 3. The maximum atomic E-state index is 13.9. The van der Waals surface area contributed by atoms with Crippen LogP contribution < -0.4 is 14.2 Å². The average molecular weight is 2190 g/mol. The summed E-state index contributed by atoms with van der Waals surface area (Å²) in [5.74, 6) is -2.33. The molecular weight excluding hydrogens is 2090 g/mol. The number of halogens is 8. The molecule has 0 spiro atoms. The van der Waals surface area contributed by atoms with Gasteiger partial charge >= 0.3 is 23.9 Å². The lowest BCUT2D eigenvalue weighted by Gasteiger charge is -2.38. The largest absolute Gasteiger partial charge is 0.463 e. The predicted molar refractivity (Wildman–Crippen MR) is 535 cm³/mol. The van der Waals surface area contributed by atoms with E-state index < -0.39 is 141 Å². The molecule has 19 rings (SSSR count). The van der Waals surface area contributed by atoms with Crippen molar-refractivity contribution in [3.63, 3.8) is 0 Å². The summed E-state index contributed by atoms with van der Waals surface area (Å²) in [4.78, 5) is 110. The number of ether oxygens (including phenoxy) is 4. The van der Waals surface area contributed by atoms with Crippen LogP contribution in [0.1, 0.15) is 179 Å². The van der Waals surface area contributed by atoms with E-state index in [2.05, 4.69) is 34.1 Å². The second-order valence-corrected chi connectivity index (χ2v) is 48.0. The van der Waals surface area contributed by atoms with E-state index in [1.54, 1.807) is 75.9 Å². The molecule has 0 bridgehead atoms. The summed E-state index contributed by atoms with van der Waals surface area (Å²) in [6.45, 7) is 14.2. The third-order valence-corrected chi connectivity index (χ3v) is 37.3. The standard InChI is InChI=1S/C24H25ClFN5O5S2.C24H26ClFN4O4S2.C23H24ClFN4O4S2.C22H24ClFN4O3S2/c1-3-36-24(33)20-19-9-15(29-38(34,35)16-11-30(12-16)13(2)32)10-31(19)22(23-27-6-7-37-23)28-21(20)17-5-4-14(26)8-18(17)25;1-2-34-24(31)20-19-12-15(29-36(32,33)16-5-3-4-6-16)13-30(19)22(23-27-9-10-35-23)28-21(20)17-8-7-14(26)11-18(17)25;1-3-33-23(30)19-18-11-14(28(2)35(31,32)15-5-6-15)12-29(18)21(22-26-8-9-34-22)27-20(19)16-7-4-13(25)10-17(16)24;1-4-31-22(29)18-17-10-14(27-33(30)12(2)3)11-28(17)20(21-25-7-8-32-21)26-19(18)15-6-5-13(24)9-16(15)23/h4-8,15-16,21,29H,3,9-12H2,1-2H3;7-11,15-16,21,29H,2-6,12-13H2,1H3;4,7-10,14-15,20H,3,5-6,11-12H2,1-2H3;5-9,12,14,19,27H,4,10-11H2,1-3H3/t2*15-,21-;14-,20-;14-,19-,33?/m0000/s1. The Bertz CT molecular complexity index is 6830. The number of amidine groups is 4. The van der Waals surface area contributed by atoms with Gasteiger partial charge in [-0.25, -0.2) is 100 Å². The van der Waals surface area contributed by atoms with Crippen molar-refractivity contribution >= 4 is 186 Å². The van der Waals surface area contributed by atoms with E-state index in [0.717, 1.165) is 24.6 Å². The Morgan fingerprint density at radius 1 is 0.444 bits per heavy atom. The number of sulfonamides is 3. The molecule has 9 atom stereocenters. The maximum absolute atomic E-state index is 13.9. The second kappa shape index (κ2) is 44.7. The Hall–Kier alpha value is -9.69. The Labute approximate surface area is 856 Å². The first-order valence-corrected chi connectivity index (χ1v) is 56.6. The van der Waals surface area contributed by atoms with Crippen molar-refractivity contribution in [1.29, 1.82) is 0 Å². The van der Waals surface area contributed by atoms with Gasteiger partial charge in [-0.2, -0.15) is 4.31 Å². The van der Waals surface area contributed by atoms with Gasteiger partial charge in [0, 0.05) is 220 Å². The molecule has 1 unspecified atom stereocenters. The lowest BCUT2D eigenvalue weighted by atomic mass is 9.94. The number of nitrogens with zero attached hydrogens (tertiary/aromatic N) is 14. The first-order valence-electron chi connectivity index (χ1n) is 45.7. The first kappa shape index (κ1) is 105. The van der Waals surface area contributed by atoms with E-state index in [4.69, 9.17) is 85.3 Å². The van der Waals surface area contributed by atoms with Crippen molar-refractivity contribution < 1.29 is 89.9 Å². The van der Waals surface area contributed by atoms with Gasteiger partial charge in [0.2, 0.25) is 36.0 Å². The smallest absolute Gasteiger partial charge is 0.338 e. The number of benzene rings is 4. The van der Waals surface area contributed by atoms with Crippen LogP contribution in [0.3, 0.4) is 0 Å². The summed E-state index contributed by atoms with van der Waals surface area (Å²) in [5.41, 5.74) is 5.45. The fourth-order valence-electron chi connectivity index (χ4n) is 18.4. The van der Waals surface area contributed by atoms with E-state index in [1.807, 2.05) is 44.7 Å². The van der Waals surface area contributed by atoms with Crippen molar-refractivity contribution in [1.82, 2.24) is 62.9 Å². The molecule has 0 radical (unpaired) electrons. The second-order valence-electron chi connectivity index (χ2n) is 34.8. The molecule has 33 nitrogen and oxygen atoms in total. The lowest BCUT2D eigenvalue weighted by molar-refractivity contribution is -0.140. The number of carbonyl (C=O) groups excluding carboxylic acids is 5. The molecule has 7 fully saturated rings. The van der Waals surface area contributed by atoms with Crippen LogP contribution in [0.2, 0.25) is 20.1 Å². The van der Waals surface area contributed by atoms with Crippen LogP contribution >= 0.6 is 91.8 Å². The number of nitrogens with one attached hydrogen (secondary N) is 3. The third kappa shape index (κ3) is 22.6. The molecule has 9 aliphatic heterocycles. The number of aromatic nitrogens is 4. The molecule has 8 aromatic rings. The van der Waals surface area contributed by atoms with Gasteiger partial charge in [-0.05, 0) is 116 Å². The number of amides is 1. The van der Waals surface area contributed by atoms with Gasteiger partial charge in [-0.15, -0.1) is 45.3 Å². The SMILES string of the molecule is CCOC(=O)C1=C2C[C@H](N(C)S(=O)(=O)C3CC3)CN2C(c2nccs2)=N[C@H]1c1ccc(F)cc1Cl.CCOC(=O)C1=C2C[C@H](NS(=O)(=O)C3CCCC3)CN2C(c2nccs2)=N[C@H]1c1ccc(F)cc1Cl.CCOC(=O)C1=C2C[C@H](NS(=O)(=O)C3CN(C(C)=O)C3)CN2C(c2nccs2)=N[C@H]1c1ccc(F)cc1Cl.CCOC(=O)C1=C2C[C@H](NS(=O)C(C)C)CN2C(c2nccs2)=N[C@H]1c1ccc(F)cc1Cl. The van der Waals surface area contributed by atoms with Crippen LogP contribution in [0.5, 0.6) is 0 Å². The normalized spacial score (nSPS) is 22.0. The number of aliphatic imine (C=N–C) groups is 4. The maximum Gasteiger partial charge on any atom is 0.338 e. The van der Waals surface area contributed by atoms with Crippen LogP contribution in [-0.2, 0) is 84.0 Å². The van der Waals surface area contributed by atoms with Crippen LogP contribution in [0.4, 0.5) is 17.6 Å². The summed E-state index contributed by atoms with van der Waals surface area (Å²) in [5, 5.41) is 8.82. The molecule has 142 heavy (non-hydrogen) atoms. The summed E-state index contributed by atoms with van der Waals surface area (Å²) in [6.07, 6.45) is 12.3. The Morgan fingerprint density at radius 3 is 1.04 bits per heavy atom. The van der Waals surface area contributed by atoms with Crippen molar-refractivity contribution in [2.45, 2.75) is 182 Å². The zero-order valence-electron chi connectivity index (χ0n) is 77.7. The number of likely N-dealkylation sites (N-methyl/N-ethyl adjacent to an activating group) is 1. The monoisotopic (exact) mass is 2180 g/mol. The first-order chi connectivity index (χ1) is 67.9. The lowest BCUT2D eigenvalue weighted by Crippen LogP contribution is -2.60. The third-order valence-electron chi connectivity index (χ3n) is 25.2. The summed E-state index contributed by atoms with van der Waals surface area (Å²) in [7, 11) is -10.3. The number of carbonyl (C=O) groups is 5. The number of hydrogen-bond acceptors (Lipinski definition) is 32. The molecule has 756 valence electrons. The average Bonchev–Trinajstić information content (AvgIpc) is 1.56. The van der Waals surface area contributed by atoms with Crippen LogP contribution in [0.15, 0.2) is 184 Å². The number of esters is 4. The highest BCUT2D eigenvalue weighted by molar-refractivity contribution is 7.90. The minimum atomic E-state index is -3.74. The molecule has 13 heterocycles. The molecule has 4 aromatic carbocycles. The Balaban J connectivity index is 0.000000136. The molecule has 4 aromatic heterocycles. The predicted octanol–water partition coefficient (Wildman–Crippen LogP) is 14.4. The van der Waals surface area contributed by atoms with Gasteiger partial charge in [-0.1, -0.05) is 83.5 Å². The van der Waals surface area contributed by atoms with E-state index in [1.165, 1.54) is 122 Å². The zero-order valence-corrected chi connectivity index (χ0v) is 87.3. The number of fused-ring (bicyclic) bond motifs is 4. The molecule has 49 heteroatoms. The van der Waals surface area contributed by atoms with Crippen LogP contribution in [0.25, 0.3) is 0 Å². The fourth-order valence-corrected chi connectivity index (χ4v) is 27.9. The van der Waals surface area contributed by atoms with E-state index in [-0.39, 0.29) is 118 Å². The summed E-state index contributed by atoms with van der Waals surface area (Å²) >= 11 is 31.2. The van der Waals surface area contributed by atoms with Crippen molar-refractivity contribution in [3.05, 3.63) is 250 Å². The minimum absolute atomic E-state index is 0.0565. The van der Waals surface area contributed by atoms with E-state index >= 15 is 0 Å². The van der Waals surface area contributed by atoms with Crippen molar-refractivity contribution in [2.24, 2.45) is 20.0 Å². The fraction of sp³-hybridized carbons (Fsp3) is 0.430. The minimum Gasteiger partial charge on any atom is -0.463 e. The molecule has 1 amide bonds. The van der Waals surface area contributed by atoms with Crippen LogP contribution in [-0.4, -0.2) is 249 Å². The van der Waals surface area contributed by atoms with Gasteiger partial charge in [-0.3, -0.25) is 24.8 Å². The van der Waals surface area contributed by atoms with Gasteiger partial charge < -0.3 is 43.4 Å². The summed E-state index contributed by atoms with van der Waals surface area (Å²) in [6, 6.07) is 10.9. The van der Waals surface area contributed by atoms with Gasteiger partial charge in [0.05, 0.1) is 70.2 Å². The van der Waals surface area contributed by atoms with Crippen LogP contribution in [0, 0.1) is 23.3 Å². The molecule has 2 aliphatic carbocycles. The Morgan fingerprint density at radius 2 is 0.746 bits per heavy atom. The van der Waals surface area contributed by atoms with Gasteiger partial charge in [0.25, 0.3) is 0 Å². The van der Waals surface area contributed by atoms with Gasteiger partial charge in [0.15, 0.2) is 43.4 Å². The highest BCUT2D eigenvalue weighted by atomic mass is 35.5. The summed E-state index contributed by atoms with van der Waals surface area (Å²) < 4.78 is 178. The molecular formula is C93H99Cl4F4N17O16S8. The number of thiazole rings is 4. The number of rotatable bonds is 28. The molecule has 5 saturated heterocycles. The van der Waals surface area contributed by atoms with E-state index in [0.29, 0.717) is 146 Å². The topological polar surface area (TPSA) is 398 Å². The molecule has 2 saturated carbocycles. The number of likely N-dealkylation sites (tertiary alicyclic amines) is 1. The Kier molecular flexibility index (Phi) is 33.1. The highest BCUT2D eigenvalue weighted by Gasteiger charge is 2.52. The quantitative estimate of drug-likeness (QED) is 0.0233. The van der Waals surface area contributed by atoms with Crippen molar-refractivity contribution in [3.8, 4) is 0 Å². The van der Waals surface area contributed by atoms with E-state index in [9.17, 15) is 71.0 Å². The van der Waals surface area contributed by atoms with Crippen molar-refractivity contribution in [2.75, 3.05) is 72.7 Å². The molecule has 3 N–H and O–H groups in total. The highest BCUT2D eigenvalue weighted by Crippen LogP contribution is 2.50. The van der Waals surface area contributed by atoms with Gasteiger partial charge in [0.1, 0.15) is 52.7 Å². The zero-order chi connectivity index (χ0) is 101.